The third-order valence-corrected chi connectivity index (χ3v) is 6.71. The highest BCUT2D eigenvalue weighted by Gasteiger charge is 2.35. The van der Waals surface area contributed by atoms with Gasteiger partial charge in [-0.15, -0.1) is 11.8 Å². The van der Waals surface area contributed by atoms with Gasteiger partial charge in [-0.25, -0.2) is 0 Å². The first-order valence-electron chi connectivity index (χ1n) is 9.95. The zero-order chi connectivity index (χ0) is 18.4. The van der Waals surface area contributed by atoms with E-state index in [1.807, 2.05) is 11.8 Å². The number of amides is 1. The van der Waals surface area contributed by atoms with Crippen LogP contribution in [0, 0.1) is 5.92 Å². The molecular weight excluding hydrogens is 340 g/mol. The van der Waals surface area contributed by atoms with Gasteiger partial charge in [0.2, 0.25) is 5.91 Å². The van der Waals surface area contributed by atoms with E-state index in [1.54, 1.807) is 0 Å². The highest BCUT2D eigenvalue weighted by atomic mass is 32.2. The molecule has 0 N–H and O–H groups in total. The molecule has 0 aliphatic carbocycles. The number of likely N-dealkylation sites (tertiary alicyclic amines) is 1. The van der Waals surface area contributed by atoms with Gasteiger partial charge in [-0.2, -0.15) is 0 Å². The summed E-state index contributed by atoms with van der Waals surface area (Å²) in [4.78, 5) is 18.4. The maximum Gasteiger partial charge on any atom is 0.222 e. The standard InChI is InChI=1S/C22H32N2OS/c1-23(2)16-20-15-19-13-14-24(17-21(19)26-20)22(25)12-8-4-7-11-18-9-5-3-6-10-18/h3,5-6,9-10,15,19,21H,4,7-8,11-14,16-17H2,1-2H3. The van der Waals surface area contributed by atoms with Gasteiger partial charge in [0.15, 0.2) is 0 Å². The molecule has 1 amide bonds. The molecule has 0 bridgehead atoms. The first-order chi connectivity index (χ1) is 12.6. The molecule has 2 atom stereocenters. The van der Waals surface area contributed by atoms with Crippen molar-refractivity contribution in [3.8, 4) is 0 Å². The number of aryl methyl sites for hydroxylation is 1. The molecule has 26 heavy (non-hydrogen) atoms. The number of carbonyl (C=O) groups is 1. The molecule has 1 aromatic rings. The van der Waals surface area contributed by atoms with Crippen molar-refractivity contribution < 1.29 is 4.79 Å². The maximum absolute atomic E-state index is 12.6. The number of hydrogen-bond acceptors (Lipinski definition) is 3. The topological polar surface area (TPSA) is 23.6 Å². The van der Waals surface area contributed by atoms with Crippen molar-refractivity contribution in [1.29, 1.82) is 0 Å². The Labute approximate surface area is 162 Å². The van der Waals surface area contributed by atoms with Crippen molar-refractivity contribution >= 4 is 17.7 Å². The summed E-state index contributed by atoms with van der Waals surface area (Å²) in [6, 6.07) is 10.6. The van der Waals surface area contributed by atoms with E-state index in [9.17, 15) is 4.79 Å². The normalized spacial score (nSPS) is 22.4. The maximum atomic E-state index is 12.6. The Morgan fingerprint density at radius 3 is 2.77 bits per heavy atom. The minimum absolute atomic E-state index is 0.366. The Balaban J connectivity index is 1.33. The van der Waals surface area contributed by atoms with E-state index in [2.05, 4.69) is 60.3 Å². The van der Waals surface area contributed by atoms with Gasteiger partial charge in [-0.05, 0) is 56.2 Å². The van der Waals surface area contributed by atoms with Crippen molar-refractivity contribution in [3.05, 3.63) is 46.9 Å². The number of hydrogen-bond donors (Lipinski definition) is 0. The largest absolute Gasteiger partial charge is 0.342 e. The van der Waals surface area contributed by atoms with Gasteiger partial charge < -0.3 is 9.80 Å². The van der Waals surface area contributed by atoms with Gasteiger partial charge in [-0.1, -0.05) is 42.8 Å². The van der Waals surface area contributed by atoms with Crippen LogP contribution in [0.15, 0.2) is 41.3 Å². The van der Waals surface area contributed by atoms with E-state index >= 15 is 0 Å². The van der Waals surface area contributed by atoms with Crippen LogP contribution in [-0.4, -0.2) is 54.7 Å². The second-order valence-electron chi connectivity index (χ2n) is 7.87. The molecule has 2 heterocycles. The molecule has 2 aliphatic heterocycles. The minimum atomic E-state index is 0.366. The second-order valence-corrected chi connectivity index (χ2v) is 9.23. The number of thioether (sulfide) groups is 1. The van der Waals surface area contributed by atoms with E-state index < -0.39 is 0 Å². The molecule has 0 radical (unpaired) electrons. The number of allylic oxidation sites excluding steroid dienone is 1. The van der Waals surface area contributed by atoms with Crippen LogP contribution < -0.4 is 0 Å². The molecule has 2 aliphatic rings. The molecule has 4 heteroatoms. The highest BCUT2D eigenvalue weighted by molar-refractivity contribution is 8.04. The van der Waals surface area contributed by atoms with Crippen LogP contribution in [0.1, 0.15) is 37.7 Å². The molecule has 1 fully saturated rings. The smallest absolute Gasteiger partial charge is 0.222 e. The van der Waals surface area contributed by atoms with Gasteiger partial charge in [0, 0.05) is 31.3 Å². The summed E-state index contributed by atoms with van der Waals surface area (Å²) in [5.41, 5.74) is 1.40. The molecule has 1 saturated heterocycles. The van der Waals surface area contributed by atoms with E-state index in [1.165, 1.54) is 16.9 Å². The third kappa shape index (κ3) is 5.62. The number of unbranched alkanes of at least 4 members (excludes halogenated alkanes) is 2. The first-order valence-corrected chi connectivity index (χ1v) is 10.8. The van der Waals surface area contributed by atoms with Gasteiger partial charge in [0.25, 0.3) is 0 Å². The summed E-state index contributed by atoms with van der Waals surface area (Å²) >= 11 is 2.00. The Morgan fingerprint density at radius 2 is 2.00 bits per heavy atom. The lowest BCUT2D eigenvalue weighted by molar-refractivity contribution is -0.132. The number of carbonyl (C=O) groups excluding carboxylic acids is 1. The molecular formula is C22H32N2OS. The molecule has 2 unspecified atom stereocenters. The van der Waals surface area contributed by atoms with Crippen LogP contribution in [0.2, 0.25) is 0 Å². The van der Waals surface area contributed by atoms with E-state index in [0.29, 0.717) is 17.1 Å². The monoisotopic (exact) mass is 372 g/mol. The predicted molar refractivity (Wildman–Crippen MR) is 111 cm³/mol. The average Bonchev–Trinajstić information content (AvgIpc) is 3.02. The van der Waals surface area contributed by atoms with Gasteiger partial charge in [0.1, 0.15) is 0 Å². The SMILES string of the molecule is CN(C)CC1=CC2CCN(C(=O)CCCCCc3ccccc3)CC2S1. The molecule has 0 aromatic heterocycles. The zero-order valence-corrected chi connectivity index (χ0v) is 17.0. The average molecular weight is 373 g/mol. The second kappa shape index (κ2) is 9.61. The van der Waals surface area contributed by atoms with Crippen molar-refractivity contribution in [2.75, 3.05) is 33.7 Å². The minimum Gasteiger partial charge on any atom is -0.342 e. The fourth-order valence-corrected chi connectivity index (χ4v) is 5.55. The lowest BCUT2D eigenvalue weighted by atomic mass is 9.95. The number of nitrogens with zero attached hydrogens (tertiary/aromatic N) is 2. The summed E-state index contributed by atoms with van der Waals surface area (Å²) in [6.07, 6.45) is 8.77. The number of fused-ring (bicyclic) bond motifs is 1. The molecule has 3 rings (SSSR count). The Bertz CT molecular complexity index is 614. The van der Waals surface area contributed by atoms with Crippen molar-refractivity contribution in [2.24, 2.45) is 5.92 Å². The van der Waals surface area contributed by atoms with Gasteiger partial charge in [0.05, 0.1) is 0 Å². The van der Waals surface area contributed by atoms with Gasteiger partial charge >= 0.3 is 0 Å². The number of benzene rings is 1. The molecule has 3 nitrogen and oxygen atoms in total. The Hall–Kier alpha value is -1.26. The summed E-state index contributed by atoms with van der Waals surface area (Å²) in [5, 5.41) is 0.584. The number of rotatable bonds is 8. The highest BCUT2D eigenvalue weighted by Crippen LogP contribution is 2.41. The summed E-state index contributed by atoms with van der Waals surface area (Å²) in [7, 11) is 4.24. The Morgan fingerprint density at radius 1 is 1.19 bits per heavy atom. The van der Waals surface area contributed by atoms with Crippen LogP contribution in [0.4, 0.5) is 0 Å². The fraction of sp³-hybridized carbons (Fsp3) is 0.591. The quantitative estimate of drug-likeness (QED) is 0.639. The number of likely N-dealkylation sites (N-methyl/N-ethyl adjacent to an activating group) is 1. The van der Waals surface area contributed by atoms with Crippen LogP contribution >= 0.6 is 11.8 Å². The summed E-state index contributed by atoms with van der Waals surface area (Å²) in [6.45, 7) is 2.91. The van der Waals surface area contributed by atoms with Crippen molar-refractivity contribution in [3.63, 3.8) is 0 Å². The summed E-state index contributed by atoms with van der Waals surface area (Å²) < 4.78 is 0. The lowest BCUT2D eigenvalue weighted by Gasteiger charge is -2.34. The van der Waals surface area contributed by atoms with E-state index in [-0.39, 0.29) is 0 Å². The third-order valence-electron chi connectivity index (χ3n) is 5.34. The zero-order valence-electron chi connectivity index (χ0n) is 16.2. The molecule has 0 saturated carbocycles. The fourth-order valence-electron chi connectivity index (χ4n) is 3.94. The predicted octanol–water partition coefficient (Wildman–Crippen LogP) is 4.20. The Kier molecular flexibility index (Phi) is 7.21. The van der Waals surface area contributed by atoms with E-state index in [4.69, 9.17) is 0 Å². The number of piperidine rings is 1. The molecule has 1 aromatic carbocycles. The van der Waals surface area contributed by atoms with Crippen LogP contribution in [0.3, 0.4) is 0 Å². The van der Waals surface area contributed by atoms with Crippen LogP contribution in [0.5, 0.6) is 0 Å². The van der Waals surface area contributed by atoms with Crippen LogP contribution in [0.25, 0.3) is 0 Å². The van der Waals surface area contributed by atoms with Gasteiger partial charge in [-0.3, -0.25) is 4.79 Å². The molecule has 0 spiro atoms. The first kappa shape index (κ1) is 19.5. The molecule has 142 valence electrons. The summed E-state index contributed by atoms with van der Waals surface area (Å²) in [5.74, 6) is 1.04. The van der Waals surface area contributed by atoms with E-state index in [0.717, 1.165) is 51.7 Å². The van der Waals surface area contributed by atoms with Crippen molar-refractivity contribution in [1.82, 2.24) is 9.80 Å². The lowest BCUT2D eigenvalue weighted by Crippen LogP contribution is -2.43. The van der Waals surface area contributed by atoms with Crippen LogP contribution in [-0.2, 0) is 11.2 Å². The van der Waals surface area contributed by atoms with Crippen molar-refractivity contribution in [2.45, 2.75) is 43.8 Å².